The van der Waals surface area contributed by atoms with Crippen LogP contribution in [-0.4, -0.2) is 0 Å². The Morgan fingerprint density at radius 1 is 0.351 bits per heavy atom. The van der Waals surface area contributed by atoms with Gasteiger partial charge in [0.15, 0.2) is 0 Å². The van der Waals surface area contributed by atoms with Crippen LogP contribution in [0.2, 0.25) is 0 Å². The molecule has 0 unspecified atom stereocenters. The van der Waals surface area contributed by atoms with Gasteiger partial charge >= 0.3 is 0 Å². The average Bonchev–Trinajstić information content (AvgIpc) is 3.49. The molecule has 3 heteroatoms. The molecule has 37 heavy (non-hydrogen) atoms. The molecule has 0 fully saturated rings. The van der Waals surface area contributed by atoms with Crippen LogP contribution >= 0.6 is 22.7 Å². The number of hydrogen-bond acceptors (Lipinski definition) is 3. The van der Waals surface area contributed by atoms with E-state index in [2.05, 4.69) is 132 Å². The van der Waals surface area contributed by atoms with E-state index < -0.39 is 0 Å². The Hall–Kier alpha value is -4.18. The zero-order valence-electron chi connectivity index (χ0n) is 19.9. The highest BCUT2D eigenvalue weighted by molar-refractivity contribution is 7.26. The van der Waals surface area contributed by atoms with Crippen molar-refractivity contribution < 1.29 is 0 Å². The first-order chi connectivity index (χ1) is 18.3. The summed E-state index contributed by atoms with van der Waals surface area (Å²) in [6, 6.07) is 46.5. The van der Waals surface area contributed by atoms with Crippen LogP contribution in [0.5, 0.6) is 0 Å². The fraction of sp³-hybridized carbons (Fsp3) is 0. The highest BCUT2D eigenvalue weighted by Crippen LogP contribution is 2.43. The Labute approximate surface area is 222 Å². The Morgan fingerprint density at radius 2 is 0.892 bits per heavy atom. The van der Waals surface area contributed by atoms with E-state index in [1.165, 1.54) is 62.5 Å². The normalized spacial score (nSPS) is 11.8. The van der Waals surface area contributed by atoms with E-state index in [1.807, 2.05) is 22.7 Å². The van der Waals surface area contributed by atoms with Crippen molar-refractivity contribution in [3.8, 4) is 0 Å². The number of nitrogens with zero attached hydrogens (tertiary/aromatic N) is 1. The summed E-state index contributed by atoms with van der Waals surface area (Å²) < 4.78 is 5.30. The maximum Gasteiger partial charge on any atom is 0.0476 e. The first-order valence-electron chi connectivity index (χ1n) is 12.4. The Bertz CT molecular complexity index is 2100. The van der Waals surface area contributed by atoms with Gasteiger partial charge in [-0.2, -0.15) is 0 Å². The maximum atomic E-state index is 2.38. The molecular weight excluding hydrogens is 487 g/mol. The third-order valence-corrected chi connectivity index (χ3v) is 9.47. The van der Waals surface area contributed by atoms with E-state index in [1.54, 1.807) is 0 Å². The SMILES string of the molecule is c1ccc(N(c2ccc3c(c2)sc2ccccc23)c2ccc3c(c2)sc2cc4ccccc4cc23)cc1. The molecule has 0 aliphatic heterocycles. The lowest BCUT2D eigenvalue weighted by atomic mass is 10.1. The summed E-state index contributed by atoms with van der Waals surface area (Å²) >= 11 is 3.74. The Balaban J connectivity index is 1.33. The molecule has 0 spiro atoms. The number of para-hydroxylation sites is 1. The van der Waals surface area contributed by atoms with Crippen molar-refractivity contribution in [1.29, 1.82) is 0 Å². The summed E-state index contributed by atoms with van der Waals surface area (Å²) in [6.45, 7) is 0. The van der Waals surface area contributed by atoms with E-state index in [9.17, 15) is 0 Å². The average molecular weight is 508 g/mol. The molecule has 2 aromatic heterocycles. The standard InChI is InChI=1S/C34H21NS2/c1-2-10-24(11-3-1)35(25-14-16-28-27-12-6-7-13-31(27)36-33(28)20-25)26-15-17-29-30-18-22-8-4-5-9-23(22)19-32(30)37-34(29)21-26/h1-21H. The second-order valence-corrected chi connectivity index (χ2v) is 11.6. The van der Waals surface area contributed by atoms with Crippen LogP contribution < -0.4 is 4.90 Å². The molecule has 0 atom stereocenters. The minimum atomic E-state index is 1.16. The predicted octanol–water partition coefficient (Wildman–Crippen LogP) is 11.0. The zero-order valence-corrected chi connectivity index (χ0v) is 21.5. The lowest BCUT2D eigenvalue weighted by molar-refractivity contribution is 1.30. The quantitative estimate of drug-likeness (QED) is 0.230. The van der Waals surface area contributed by atoms with Gasteiger partial charge in [0.25, 0.3) is 0 Å². The van der Waals surface area contributed by atoms with Crippen LogP contribution in [0.15, 0.2) is 127 Å². The summed E-state index contributed by atoms with van der Waals surface area (Å²) in [5.41, 5.74) is 3.51. The van der Waals surface area contributed by atoms with Gasteiger partial charge in [-0.15, -0.1) is 22.7 Å². The molecule has 8 rings (SSSR count). The van der Waals surface area contributed by atoms with Crippen LogP contribution in [0.1, 0.15) is 0 Å². The molecule has 1 nitrogen and oxygen atoms in total. The molecule has 0 N–H and O–H groups in total. The van der Waals surface area contributed by atoms with Gasteiger partial charge in [-0.05, 0) is 65.4 Å². The van der Waals surface area contributed by atoms with Gasteiger partial charge < -0.3 is 4.90 Å². The molecule has 0 saturated carbocycles. The molecule has 0 saturated heterocycles. The Morgan fingerprint density at radius 3 is 1.65 bits per heavy atom. The minimum Gasteiger partial charge on any atom is -0.310 e. The minimum absolute atomic E-state index is 1.16. The lowest BCUT2D eigenvalue weighted by Crippen LogP contribution is -2.09. The summed E-state index contributed by atoms with van der Waals surface area (Å²) in [5, 5.41) is 7.90. The van der Waals surface area contributed by atoms with Gasteiger partial charge in [0, 0.05) is 57.4 Å². The van der Waals surface area contributed by atoms with E-state index in [4.69, 9.17) is 0 Å². The molecule has 0 amide bonds. The van der Waals surface area contributed by atoms with Crippen molar-refractivity contribution in [2.24, 2.45) is 0 Å². The third-order valence-electron chi connectivity index (χ3n) is 7.22. The van der Waals surface area contributed by atoms with E-state index in [-0.39, 0.29) is 0 Å². The van der Waals surface area contributed by atoms with Crippen molar-refractivity contribution in [2.75, 3.05) is 4.90 Å². The summed E-state index contributed by atoms with van der Waals surface area (Å²) in [6.07, 6.45) is 0. The number of thiophene rings is 2. The highest BCUT2D eigenvalue weighted by atomic mass is 32.1. The van der Waals surface area contributed by atoms with Gasteiger partial charge in [-0.3, -0.25) is 0 Å². The summed E-state index contributed by atoms with van der Waals surface area (Å²) in [4.78, 5) is 2.38. The predicted molar refractivity (Wildman–Crippen MR) is 164 cm³/mol. The van der Waals surface area contributed by atoms with Crippen LogP contribution in [0.4, 0.5) is 17.1 Å². The Kier molecular flexibility index (Phi) is 4.63. The smallest absolute Gasteiger partial charge is 0.0476 e. The first kappa shape index (κ1) is 21.0. The van der Waals surface area contributed by atoms with E-state index in [0.717, 1.165) is 5.69 Å². The van der Waals surface area contributed by atoms with Crippen LogP contribution in [-0.2, 0) is 0 Å². The largest absolute Gasteiger partial charge is 0.310 e. The summed E-state index contributed by atoms with van der Waals surface area (Å²) in [5.74, 6) is 0. The van der Waals surface area contributed by atoms with Crippen molar-refractivity contribution in [3.63, 3.8) is 0 Å². The van der Waals surface area contributed by atoms with Crippen molar-refractivity contribution in [3.05, 3.63) is 127 Å². The monoisotopic (exact) mass is 507 g/mol. The second-order valence-electron chi connectivity index (χ2n) is 9.43. The van der Waals surface area contributed by atoms with Crippen LogP contribution in [0.3, 0.4) is 0 Å². The number of benzene rings is 6. The zero-order chi connectivity index (χ0) is 24.3. The van der Waals surface area contributed by atoms with Crippen molar-refractivity contribution in [1.82, 2.24) is 0 Å². The number of anilines is 3. The van der Waals surface area contributed by atoms with Gasteiger partial charge in [-0.25, -0.2) is 0 Å². The molecular formula is C34H21NS2. The van der Waals surface area contributed by atoms with Crippen molar-refractivity contribution in [2.45, 2.75) is 0 Å². The molecule has 0 aliphatic carbocycles. The lowest BCUT2D eigenvalue weighted by Gasteiger charge is -2.25. The molecule has 0 aliphatic rings. The molecule has 2 heterocycles. The van der Waals surface area contributed by atoms with Gasteiger partial charge in [0.05, 0.1) is 0 Å². The molecule has 174 valence electrons. The van der Waals surface area contributed by atoms with Crippen LogP contribution in [0.25, 0.3) is 51.1 Å². The molecule has 8 aromatic rings. The fourth-order valence-electron chi connectivity index (χ4n) is 5.47. The fourth-order valence-corrected chi connectivity index (χ4v) is 7.78. The van der Waals surface area contributed by atoms with E-state index >= 15 is 0 Å². The molecule has 6 aromatic carbocycles. The second kappa shape index (κ2) is 8.17. The van der Waals surface area contributed by atoms with Crippen LogP contribution in [0, 0.1) is 0 Å². The number of hydrogen-bond donors (Lipinski definition) is 0. The molecule has 0 radical (unpaired) electrons. The number of rotatable bonds is 3. The molecule has 0 bridgehead atoms. The summed E-state index contributed by atoms with van der Waals surface area (Å²) in [7, 11) is 0. The van der Waals surface area contributed by atoms with Crippen molar-refractivity contribution >= 4 is 90.9 Å². The first-order valence-corrected chi connectivity index (χ1v) is 14.1. The maximum absolute atomic E-state index is 2.38. The van der Waals surface area contributed by atoms with E-state index in [0.29, 0.717) is 0 Å². The highest BCUT2D eigenvalue weighted by Gasteiger charge is 2.16. The van der Waals surface area contributed by atoms with Gasteiger partial charge in [-0.1, -0.05) is 72.8 Å². The topological polar surface area (TPSA) is 3.24 Å². The number of fused-ring (bicyclic) bond motifs is 7. The van der Waals surface area contributed by atoms with Gasteiger partial charge in [0.2, 0.25) is 0 Å². The van der Waals surface area contributed by atoms with Gasteiger partial charge in [0.1, 0.15) is 0 Å². The third kappa shape index (κ3) is 3.36.